The third-order valence-electron chi connectivity index (χ3n) is 6.47. The summed E-state index contributed by atoms with van der Waals surface area (Å²) in [6.07, 6.45) is 8.50. The zero-order valence-corrected chi connectivity index (χ0v) is 20.6. The monoisotopic (exact) mass is 500 g/mol. The summed E-state index contributed by atoms with van der Waals surface area (Å²) in [7, 11) is 1.93. The summed E-state index contributed by atoms with van der Waals surface area (Å²) < 4.78 is 15.2. The van der Waals surface area contributed by atoms with Gasteiger partial charge in [-0.15, -0.1) is 0 Å². The molecule has 0 spiro atoms. The zero-order chi connectivity index (χ0) is 26.2. The zero-order valence-electron chi connectivity index (χ0n) is 20.6. The minimum absolute atomic E-state index is 0.231. The number of aromatic nitrogens is 5. The third kappa shape index (κ3) is 4.27. The summed E-state index contributed by atoms with van der Waals surface area (Å²) in [6, 6.07) is 14.2. The number of hydrogen-bond donors (Lipinski definition) is 2. The number of pyridine rings is 1. The Labute approximate surface area is 217 Å². The van der Waals surface area contributed by atoms with Crippen molar-refractivity contribution in [3.63, 3.8) is 0 Å². The highest BCUT2D eigenvalue weighted by molar-refractivity contribution is 6.06. The lowest BCUT2D eigenvalue weighted by Gasteiger charge is -2.08. The molecule has 0 atom stereocenters. The Balaban J connectivity index is 1.26. The van der Waals surface area contributed by atoms with Crippen molar-refractivity contribution in [1.82, 2.24) is 24.5 Å². The fraction of sp³-hybridized carbons (Fsp3) is 0.0667. The van der Waals surface area contributed by atoms with Crippen molar-refractivity contribution in [2.45, 2.75) is 6.92 Å². The molecule has 0 fully saturated rings. The van der Waals surface area contributed by atoms with Gasteiger partial charge < -0.3 is 14.9 Å². The first-order valence-corrected chi connectivity index (χ1v) is 11.9. The molecular weight excluding hydrogens is 479 g/mol. The Morgan fingerprint density at radius 2 is 1.87 bits per heavy atom. The van der Waals surface area contributed by atoms with Gasteiger partial charge in [0.2, 0.25) is 5.95 Å². The van der Waals surface area contributed by atoms with Crippen LogP contribution in [0, 0.1) is 24.7 Å². The molecule has 0 radical (unpaired) electrons. The molecule has 8 heteroatoms. The molecule has 0 bridgehead atoms. The molecule has 1 amide bonds. The molecule has 0 aliphatic rings. The number of carbonyl (C=O) groups is 1. The standard InChI is InChI=1S/C30H21FN6O/c1-18-3-4-20(11-19(18)5-6-21-14-34-29-25(21)15-32-17-35-29)30(38)36-23-8-9-24-26(16-37(2)27(24)12-23)22-7-10-28(31)33-13-22/h3-4,7-17H,1-2H3,(H,36,38)(H,32,34,35). The molecule has 0 aliphatic carbocycles. The minimum Gasteiger partial charge on any atom is -0.350 e. The van der Waals surface area contributed by atoms with Crippen molar-refractivity contribution in [1.29, 1.82) is 0 Å². The molecule has 4 heterocycles. The predicted octanol–water partition coefficient (Wildman–Crippen LogP) is 5.61. The Morgan fingerprint density at radius 1 is 1.00 bits per heavy atom. The number of anilines is 1. The van der Waals surface area contributed by atoms with E-state index in [0.29, 0.717) is 11.3 Å². The second-order valence-corrected chi connectivity index (χ2v) is 8.98. The summed E-state index contributed by atoms with van der Waals surface area (Å²) in [5.74, 6) is 5.60. The van der Waals surface area contributed by atoms with Crippen molar-refractivity contribution < 1.29 is 9.18 Å². The third-order valence-corrected chi connectivity index (χ3v) is 6.47. The van der Waals surface area contributed by atoms with Crippen LogP contribution in [-0.4, -0.2) is 30.4 Å². The number of aryl methyl sites for hydroxylation is 2. The molecule has 0 unspecified atom stereocenters. The van der Waals surface area contributed by atoms with Crippen LogP contribution in [0.5, 0.6) is 0 Å². The topological polar surface area (TPSA) is 88.5 Å². The number of nitrogens with zero attached hydrogens (tertiary/aromatic N) is 4. The van der Waals surface area contributed by atoms with Crippen molar-refractivity contribution >= 4 is 33.5 Å². The van der Waals surface area contributed by atoms with Gasteiger partial charge in [-0.3, -0.25) is 4.79 Å². The highest BCUT2D eigenvalue weighted by Gasteiger charge is 2.13. The number of hydrogen-bond acceptors (Lipinski definition) is 4. The molecule has 2 N–H and O–H groups in total. The summed E-state index contributed by atoms with van der Waals surface area (Å²) in [6.45, 7) is 1.96. The summed E-state index contributed by atoms with van der Waals surface area (Å²) in [5, 5.41) is 4.82. The highest BCUT2D eigenvalue weighted by Crippen LogP contribution is 2.31. The van der Waals surface area contributed by atoms with Crippen molar-refractivity contribution in [2.24, 2.45) is 7.05 Å². The van der Waals surface area contributed by atoms with Crippen LogP contribution in [0.1, 0.15) is 27.0 Å². The molecule has 6 rings (SSSR count). The Kier molecular flexibility index (Phi) is 5.66. The van der Waals surface area contributed by atoms with E-state index in [4.69, 9.17) is 0 Å². The van der Waals surface area contributed by atoms with Gasteiger partial charge in [0.15, 0.2) is 0 Å². The number of halogens is 1. The van der Waals surface area contributed by atoms with Gasteiger partial charge in [-0.1, -0.05) is 24.0 Å². The molecule has 0 aliphatic heterocycles. The highest BCUT2D eigenvalue weighted by atomic mass is 19.1. The largest absolute Gasteiger partial charge is 0.350 e. The van der Waals surface area contributed by atoms with Crippen LogP contribution in [0.3, 0.4) is 0 Å². The van der Waals surface area contributed by atoms with Gasteiger partial charge in [0.1, 0.15) is 12.0 Å². The van der Waals surface area contributed by atoms with Crippen molar-refractivity contribution in [3.8, 4) is 23.0 Å². The van der Waals surface area contributed by atoms with Gasteiger partial charge in [-0.25, -0.2) is 15.0 Å². The number of rotatable bonds is 3. The molecule has 4 aromatic heterocycles. The Bertz CT molecular complexity index is 1910. The maximum atomic E-state index is 13.3. The van der Waals surface area contributed by atoms with Crippen molar-refractivity contribution in [2.75, 3.05) is 5.32 Å². The van der Waals surface area contributed by atoms with E-state index in [2.05, 4.69) is 37.1 Å². The van der Waals surface area contributed by atoms with E-state index in [9.17, 15) is 9.18 Å². The van der Waals surface area contributed by atoms with Crippen LogP contribution >= 0.6 is 0 Å². The lowest BCUT2D eigenvalue weighted by molar-refractivity contribution is 0.102. The average Bonchev–Trinajstić information content (AvgIpc) is 3.49. The second-order valence-electron chi connectivity index (χ2n) is 8.98. The lowest BCUT2D eigenvalue weighted by Crippen LogP contribution is -2.12. The minimum atomic E-state index is -0.517. The molecule has 38 heavy (non-hydrogen) atoms. The van der Waals surface area contributed by atoms with Gasteiger partial charge in [-0.05, 0) is 48.9 Å². The van der Waals surface area contributed by atoms with Gasteiger partial charge in [0, 0.05) is 65.2 Å². The first-order valence-electron chi connectivity index (χ1n) is 11.9. The van der Waals surface area contributed by atoms with Crippen LogP contribution in [0.25, 0.3) is 33.1 Å². The van der Waals surface area contributed by atoms with Gasteiger partial charge >= 0.3 is 0 Å². The fourth-order valence-corrected chi connectivity index (χ4v) is 4.43. The number of aromatic amines is 1. The Morgan fingerprint density at radius 3 is 2.71 bits per heavy atom. The van der Waals surface area contributed by atoms with E-state index in [1.54, 1.807) is 30.6 Å². The van der Waals surface area contributed by atoms with Gasteiger partial charge in [0.25, 0.3) is 5.91 Å². The normalized spacial score (nSPS) is 10.9. The van der Waals surface area contributed by atoms with Crippen LogP contribution in [0.4, 0.5) is 10.1 Å². The van der Waals surface area contributed by atoms with Crippen molar-refractivity contribution in [3.05, 3.63) is 108 Å². The molecule has 184 valence electrons. The molecule has 7 nitrogen and oxygen atoms in total. The maximum Gasteiger partial charge on any atom is 0.255 e. The van der Waals surface area contributed by atoms with E-state index in [-0.39, 0.29) is 5.91 Å². The quantitative estimate of drug-likeness (QED) is 0.244. The van der Waals surface area contributed by atoms with Crippen LogP contribution in [0.2, 0.25) is 0 Å². The van der Waals surface area contributed by atoms with E-state index in [1.807, 2.05) is 49.0 Å². The summed E-state index contributed by atoms with van der Waals surface area (Å²) >= 11 is 0. The number of fused-ring (bicyclic) bond motifs is 2. The molecule has 0 saturated carbocycles. The fourth-order valence-electron chi connectivity index (χ4n) is 4.43. The number of amides is 1. The van der Waals surface area contributed by atoms with E-state index in [1.165, 1.54) is 18.6 Å². The number of H-pyrrole nitrogens is 1. The predicted molar refractivity (Wildman–Crippen MR) is 145 cm³/mol. The average molecular weight is 501 g/mol. The number of carbonyl (C=O) groups excluding carboxylic acids is 1. The van der Waals surface area contributed by atoms with E-state index < -0.39 is 5.95 Å². The number of nitrogens with one attached hydrogen (secondary N) is 2. The van der Waals surface area contributed by atoms with Crippen LogP contribution in [-0.2, 0) is 7.05 Å². The van der Waals surface area contributed by atoms with E-state index >= 15 is 0 Å². The molecular formula is C30H21FN6O. The second kappa shape index (κ2) is 9.30. The lowest BCUT2D eigenvalue weighted by atomic mass is 10.0. The Hall–Kier alpha value is -5.29. The van der Waals surface area contributed by atoms with Gasteiger partial charge in [0.05, 0.1) is 16.5 Å². The van der Waals surface area contributed by atoms with Crippen LogP contribution in [0.15, 0.2) is 79.6 Å². The molecule has 2 aromatic carbocycles. The molecule has 0 saturated heterocycles. The first kappa shape index (κ1) is 23.1. The SMILES string of the molecule is Cc1ccc(C(=O)Nc2ccc3c(-c4ccc(F)nc4)cn(C)c3c2)cc1C#Cc1c[nH]c2ncncc12. The van der Waals surface area contributed by atoms with Gasteiger partial charge in [-0.2, -0.15) is 4.39 Å². The summed E-state index contributed by atoms with van der Waals surface area (Å²) in [5.41, 5.74) is 7.12. The first-order chi connectivity index (χ1) is 18.5. The smallest absolute Gasteiger partial charge is 0.255 e. The maximum absolute atomic E-state index is 13.3. The van der Waals surface area contributed by atoms with Crippen LogP contribution < -0.4 is 5.32 Å². The van der Waals surface area contributed by atoms with E-state index in [0.717, 1.165) is 49.8 Å². The molecule has 6 aromatic rings. The summed E-state index contributed by atoms with van der Waals surface area (Å²) in [4.78, 5) is 28.2. The number of benzene rings is 2.